The zero-order valence-electron chi connectivity index (χ0n) is 15.2. The van der Waals surface area contributed by atoms with Gasteiger partial charge in [-0.3, -0.25) is 4.90 Å². The largest absolute Gasteiger partial charge is 0.493 e. The number of carbonyl (C=O) groups is 1. The molecule has 1 amide bonds. The van der Waals surface area contributed by atoms with E-state index in [-0.39, 0.29) is 0 Å². The number of rotatable bonds is 6. The van der Waals surface area contributed by atoms with Crippen LogP contribution in [0.15, 0.2) is 48.5 Å². The SMILES string of the molecule is Cc1ccccc1OCCc1ccc(CN2CCN(C(=O)O)CC2)cc1. The summed E-state index contributed by atoms with van der Waals surface area (Å²) < 4.78 is 5.86. The van der Waals surface area contributed by atoms with Gasteiger partial charge in [0, 0.05) is 39.1 Å². The lowest BCUT2D eigenvalue weighted by Gasteiger charge is -2.33. The third kappa shape index (κ3) is 4.99. The number of para-hydroxylation sites is 1. The Morgan fingerprint density at radius 1 is 1.00 bits per heavy atom. The van der Waals surface area contributed by atoms with Gasteiger partial charge in [0.15, 0.2) is 0 Å². The average Bonchev–Trinajstić information content (AvgIpc) is 2.65. The lowest BCUT2D eigenvalue weighted by molar-refractivity contribution is 0.103. The Hall–Kier alpha value is -2.53. The van der Waals surface area contributed by atoms with E-state index in [0.29, 0.717) is 19.7 Å². The van der Waals surface area contributed by atoms with Crippen molar-refractivity contribution < 1.29 is 14.6 Å². The van der Waals surface area contributed by atoms with Crippen molar-refractivity contribution >= 4 is 6.09 Å². The van der Waals surface area contributed by atoms with E-state index in [1.54, 1.807) is 0 Å². The van der Waals surface area contributed by atoms with Gasteiger partial charge in [-0.05, 0) is 29.7 Å². The maximum Gasteiger partial charge on any atom is 0.407 e. The van der Waals surface area contributed by atoms with Crippen LogP contribution in [0, 0.1) is 6.92 Å². The first-order chi connectivity index (χ1) is 12.6. The van der Waals surface area contributed by atoms with Crippen LogP contribution in [0.2, 0.25) is 0 Å². The van der Waals surface area contributed by atoms with Gasteiger partial charge >= 0.3 is 6.09 Å². The van der Waals surface area contributed by atoms with E-state index in [2.05, 4.69) is 42.2 Å². The Morgan fingerprint density at radius 2 is 1.65 bits per heavy atom. The molecule has 0 radical (unpaired) electrons. The fraction of sp³-hybridized carbons (Fsp3) is 0.381. The minimum atomic E-state index is -0.818. The molecule has 138 valence electrons. The molecule has 0 unspecified atom stereocenters. The maximum absolute atomic E-state index is 10.9. The average molecular weight is 354 g/mol. The number of piperazine rings is 1. The molecular formula is C21H26N2O3. The molecule has 0 aliphatic carbocycles. The zero-order valence-corrected chi connectivity index (χ0v) is 15.2. The van der Waals surface area contributed by atoms with Crippen molar-refractivity contribution in [3.05, 3.63) is 65.2 Å². The van der Waals surface area contributed by atoms with Crippen LogP contribution in [0.4, 0.5) is 4.79 Å². The summed E-state index contributed by atoms with van der Waals surface area (Å²) in [5.41, 5.74) is 3.68. The molecule has 1 fully saturated rings. The smallest absolute Gasteiger partial charge is 0.407 e. The van der Waals surface area contributed by atoms with Crippen molar-refractivity contribution in [2.45, 2.75) is 19.9 Å². The summed E-state index contributed by atoms with van der Waals surface area (Å²) in [5, 5.41) is 9.00. The Bertz CT molecular complexity index is 722. The van der Waals surface area contributed by atoms with E-state index in [1.807, 2.05) is 18.2 Å². The fourth-order valence-corrected chi connectivity index (χ4v) is 3.16. The molecule has 26 heavy (non-hydrogen) atoms. The number of benzene rings is 2. The number of amides is 1. The predicted octanol–water partition coefficient (Wildman–Crippen LogP) is 3.41. The van der Waals surface area contributed by atoms with Crippen LogP contribution in [-0.2, 0) is 13.0 Å². The molecule has 1 heterocycles. The summed E-state index contributed by atoms with van der Waals surface area (Å²) in [6.45, 7) is 6.35. The van der Waals surface area contributed by atoms with Crippen molar-refractivity contribution in [3.8, 4) is 5.75 Å². The van der Waals surface area contributed by atoms with Gasteiger partial charge in [-0.1, -0.05) is 42.5 Å². The molecule has 3 rings (SSSR count). The highest BCUT2D eigenvalue weighted by Crippen LogP contribution is 2.17. The van der Waals surface area contributed by atoms with Crippen molar-refractivity contribution in [2.24, 2.45) is 0 Å². The summed E-state index contributed by atoms with van der Waals surface area (Å²) in [5.74, 6) is 0.949. The molecule has 5 heteroatoms. The highest BCUT2D eigenvalue weighted by molar-refractivity contribution is 5.65. The summed E-state index contributed by atoms with van der Waals surface area (Å²) >= 11 is 0. The van der Waals surface area contributed by atoms with Crippen molar-refractivity contribution in [1.82, 2.24) is 9.80 Å². The van der Waals surface area contributed by atoms with Crippen LogP contribution in [-0.4, -0.2) is 53.8 Å². The van der Waals surface area contributed by atoms with E-state index in [0.717, 1.165) is 37.4 Å². The van der Waals surface area contributed by atoms with Gasteiger partial charge in [-0.15, -0.1) is 0 Å². The van der Waals surface area contributed by atoms with Crippen LogP contribution in [0.3, 0.4) is 0 Å². The molecule has 2 aromatic rings. The van der Waals surface area contributed by atoms with Gasteiger partial charge in [0.1, 0.15) is 5.75 Å². The van der Waals surface area contributed by atoms with Crippen LogP contribution >= 0.6 is 0 Å². The molecular weight excluding hydrogens is 328 g/mol. The minimum absolute atomic E-state index is 0.587. The van der Waals surface area contributed by atoms with Gasteiger partial charge < -0.3 is 14.7 Å². The predicted molar refractivity (Wildman–Crippen MR) is 102 cm³/mol. The lowest BCUT2D eigenvalue weighted by atomic mass is 10.1. The van der Waals surface area contributed by atoms with E-state index in [1.165, 1.54) is 16.0 Å². The summed E-state index contributed by atoms with van der Waals surface area (Å²) in [4.78, 5) is 14.7. The van der Waals surface area contributed by atoms with Crippen molar-refractivity contribution in [1.29, 1.82) is 0 Å². The normalized spacial score (nSPS) is 15.0. The molecule has 1 aliphatic rings. The third-order valence-corrected chi connectivity index (χ3v) is 4.81. The number of aryl methyl sites for hydroxylation is 1. The van der Waals surface area contributed by atoms with Crippen LogP contribution in [0.5, 0.6) is 5.75 Å². The van der Waals surface area contributed by atoms with Gasteiger partial charge in [0.2, 0.25) is 0 Å². The van der Waals surface area contributed by atoms with Crippen LogP contribution in [0.25, 0.3) is 0 Å². The molecule has 0 bridgehead atoms. The molecule has 1 aliphatic heterocycles. The number of carboxylic acid groups (broad SMARTS) is 1. The molecule has 0 spiro atoms. The molecule has 2 aromatic carbocycles. The van der Waals surface area contributed by atoms with Gasteiger partial charge in [0.25, 0.3) is 0 Å². The third-order valence-electron chi connectivity index (χ3n) is 4.81. The molecule has 1 N–H and O–H groups in total. The molecule has 5 nitrogen and oxygen atoms in total. The Labute approximate surface area is 154 Å². The van der Waals surface area contributed by atoms with E-state index >= 15 is 0 Å². The van der Waals surface area contributed by atoms with E-state index in [4.69, 9.17) is 9.84 Å². The van der Waals surface area contributed by atoms with Crippen LogP contribution in [0.1, 0.15) is 16.7 Å². The lowest BCUT2D eigenvalue weighted by Crippen LogP contribution is -2.47. The molecule has 0 saturated carbocycles. The topological polar surface area (TPSA) is 53.0 Å². The summed E-state index contributed by atoms with van der Waals surface area (Å²) in [6.07, 6.45) is 0.0632. The second-order valence-electron chi connectivity index (χ2n) is 6.73. The molecule has 1 saturated heterocycles. The van der Waals surface area contributed by atoms with Crippen LogP contribution < -0.4 is 4.74 Å². The Kier molecular flexibility index (Phi) is 6.12. The minimum Gasteiger partial charge on any atom is -0.493 e. The number of hydrogen-bond acceptors (Lipinski definition) is 3. The monoisotopic (exact) mass is 354 g/mol. The summed E-state index contributed by atoms with van der Waals surface area (Å²) in [7, 11) is 0. The second kappa shape index (κ2) is 8.72. The quantitative estimate of drug-likeness (QED) is 0.864. The fourth-order valence-electron chi connectivity index (χ4n) is 3.16. The van der Waals surface area contributed by atoms with Crippen molar-refractivity contribution in [2.75, 3.05) is 32.8 Å². The second-order valence-corrected chi connectivity index (χ2v) is 6.73. The van der Waals surface area contributed by atoms with E-state index < -0.39 is 6.09 Å². The van der Waals surface area contributed by atoms with E-state index in [9.17, 15) is 4.79 Å². The van der Waals surface area contributed by atoms with Gasteiger partial charge in [-0.25, -0.2) is 4.79 Å². The molecule has 0 atom stereocenters. The number of nitrogens with zero attached hydrogens (tertiary/aromatic N) is 2. The maximum atomic E-state index is 10.9. The number of ether oxygens (including phenoxy) is 1. The highest BCUT2D eigenvalue weighted by Gasteiger charge is 2.20. The van der Waals surface area contributed by atoms with Crippen molar-refractivity contribution in [3.63, 3.8) is 0 Å². The van der Waals surface area contributed by atoms with Gasteiger partial charge in [0.05, 0.1) is 6.61 Å². The Morgan fingerprint density at radius 3 is 2.31 bits per heavy atom. The van der Waals surface area contributed by atoms with Gasteiger partial charge in [-0.2, -0.15) is 0 Å². The standard InChI is InChI=1S/C21H26N2O3/c1-17-4-2-3-5-20(17)26-15-10-18-6-8-19(9-7-18)16-22-11-13-23(14-12-22)21(24)25/h2-9H,10-16H2,1H3,(H,24,25). The molecule has 0 aromatic heterocycles. The Balaban J connectivity index is 1.44. The first kappa shape index (κ1) is 18.3. The zero-order chi connectivity index (χ0) is 18.4. The first-order valence-electron chi connectivity index (χ1n) is 9.08. The highest BCUT2D eigenvalue weighted by atomic mass is 16.5. The number of hydrogen-bond donors (Lipinski definition) is 1. The first-order valence-corrected chi connectivity index (χ1v) is 9.08. The summed E-state index contributed by atoms with van der Waals surface area (Å²) in [6, 6.07) is 16.7.